The molecule has 16 heavy (non-hydrogen) atoms. The quantitative estimate of drug-likeness (QED) is 0.682. The highest BCUT2D eigenvalue weighted by atomic mass is 16.2. The predicted octanol–water partition coefficient (Wildman–Crippen LogP) is -0.279. The Hall–Kier alpha value is -1.10. The molecule has 1 atom stereocenters. The maximum Gasteiger partial charge on any atom is 0.242 e. The summed E-state index contributed by atoms with van der Waals surface area (Å²) in [5, 5.41) is 5.87. The van der Waals surface area contributed by atoms with E-state index in [0.29, 0.717) is 13.1 Å². The van der Waals surface area contributed by atoms with Gasteiger partial charge in [0.1, 0.15) is 6.04 Å². The molecule has 1 heterocycles. The summed E-state index contributed by atoms with van der Waals surface area (Å²) in [4.78, 5) is 24.9. The molecule has 1 saturated heterocycles. The molecule has 2 amide bonds. The lowest BCUT2D eigenvalue weighted by Crippen LogP contribution is -2.58. The molecule has 0 aromatic heterocycles. The van der Waals surface area contributed by atoms with Gasteiger partial charge >= 0.3 is 0 Å². The zero-order chi connectivity index (χ0) is 12.3. The minimum Gasteiger partial charge on any atom is -0.353 e. The molecule has 1 aliphatic rings. The van der Waals surface area contributed by atoms with E-state index >= 15 is 0 Å². The van der Waals surface area contributed by atoms with Gasteiger partial charge in [-0.25, -0.2) is 0 Å². The lowest BCUT2D eigenvalue weighted by atomic mass is 10.1. The molecule has 1 aliphatic heterocycles. The van der Waals surface area contributed by atoms with Gasteiger partial charge in [0.25, 0.3) is 0 Å². The smallest absolute Gasteiger partial charge is 0.242 e. The van der Waals surface area contributed by atoms with E-state index < -0.39 is 0 Å². The standard InChI is InChI=1S/C11H21N3O2/c1-8-10(16)12-5-6-14(8)9(15)7-13-11(2,3)4/h8,13H,5-7H2,1-4H3,(H,12,16). The van der Waals surface area contributed by atoms with Crippen LogP contribution in [0.1, 0.15) is 27.7 Å². The predicted molar refractivity (Wildman–Crippen MR) is 61.9 cm³/mol. The first-order chi connectivity index (χ1) is 7.31. The van der Waals surface area contributed by atoms with Crippen LogP contribution in [0.15, 0.2) is 0 Å². The molecule has 5 heteroatoms. The maximum absolute atomic E-state index is 11.9. The van der Waals surface area contributed by atoms with Crippen molar-refractivity contribution in [1.82, 2.24) is 15.5 Å². The van der Waals surface area contributed by atoms with E-state index in [1.165, 1.54) is 0 Å². The summed E-state index contributed by atoms with van der Waals surface area (Å²) in [5.74, 6) is -0.0902. The molecule has 0 radical (unpaired) electrons. The molecule has 1 rings (SSSR count). The summed E-state index contributed by atoms with van der Waals surface area (Å²) < 4.78 is 0. The fourth-order valence-electron chi connectivity index (χ4n) is 1.57. The summed E-state index contributed by atoms with van der Waals surface area (Å²) in [5.41, 5.74) is -0.0864. The second-order valence-corrected chi connectivity index (χ2v) is 5.16. The van der Waals surface area contributed by atoms with Crippen LogP contribution in [0.5, 0.6) is 0 Å². The van der Waals surface area contributed by atoms with Crippen molar-refractivity contribution in [1.29, 1.82) is 0 Å². The number of piperazine rings is 1. The van der Waals surface area contributed by atoms with Gasteiger partial charge in [0.05, 0.1) is 6.54 Å². The number of nitrogens with zero attached hydrogens (tertiary/aromatic N) is 1. The van der Waals surface area contributed by atoms with Crippen LogP contribution in [0.4, 0.5) is 0 Å². The Morgan fingerprint density at radius 3 is 2.75 bits per heavy atom. The van der Waals surface area contributed by atoms with Crippen LogP contribution in [0, 0.1) is 0 Å². The SMILES string of the molecule is CC1C(=O)NCCN1C(=O)CNC(C)(C)C. The van der Waals surface area contributed by atoms with Crippen LogP contribution in [0.2, 0.25) is 0 Å². The zero-order valence-electron chi connectivity index (χ0n) is 10.5. The number of carbonyl (C=O) groups is 2. The van der Waals surface area contributed by atoms with Gasteiger partial charge in [0, 0.05) is 18.6 Å². The Balaban J connectivity index is 2.50. The Bertz CT molecular complexity index is 283. The van der Waals surface area contributed by atoms with Crippen molar-refractivity contribution in [2.45, 2.75) is 39.3 Å². The number of hydrogen-bond acceptors (Lipinski definition) is 3. The van der Waals surface area contributed by atoms with E-state index in [2.05, 4.69) is 10.6 Å². The summed E-state index contributed by atoms with van der Waals surface area (Å²) in [6.45, 7) is 9.19. The Labute approximate surface area is 96.6 Å². The van der Waals surface area contributed by atoms with Gasteiger partial charge < -0.3 is 15.5 Å². The van der Waals surface area contributed by atoms with Crippen LogP contribution in [0.25, 0.3) is 0 Å². The van der Waals surface area contributed by atoms with Gasteiger partial charge in [-0.1, -0.05) is 0 Å². The van der Waals surface area contributed by atoms with Crippen LogP contribution in [0.3, 0.4) is 0 Å². The molecule has 0 aromatic carbocycles. The molecule has 0 aromatic rings. The molecule has 2 N–H and O–H groups in total. The molecule has 1 unspecified atom stereocenters. The van der Waals surface area contributed by atoms with Crippen molar-refractivity contribution in [2.24, 2.45) is 0 Å². The monoisotopic (exact) mass is 227 g/mol. The fourth-order valence-corrected chi connectivity index (χ4v) is 1.57. The zero-order valence-corrected chi connectivity index (χ0v) is 10.5. The molecule has 0 aliphatic carbocycles. The average Bonchev–Trinajstić information content (AvgIpc) is 2.17. The fraction of sp³-hybridized carbons (Fsp3) is 0.818. The van der Waals surface area contributed by atoms with E-state index in [0.717, 1.165) is 0 Å². The van der Waals surface area contributed by atoms with Crippen LogP contribution in [-0.2, 0) is 9.59 Å². The molecule has 5 nitrogen and oxygen atoms in total. The lowest BCUT2D eigenvalue weighted by molar-refractivity contribution is -0.142. The van der Waals surface area contributed by atoms with E-state index in [1.807, 2.05) is 20.8 Å². The first kappa shape index (κ1) is 13.0. The second kappa shape index (κ2) is 4.82. The molecular weight excluding hydrogens is 206 g/mol. The molecule has 1 fully saturated rings. The first-order valence-electron chi connectivity index (χ1n) is 5.63. The van der Waals surface area contributed by atoms with E-state index in [-0.39, 0.29) is 29.9 Å². The van der Waals surface area contributed by atoms with Crippen molar-refractivity contribution in [3.8, 4) is 0 Å². The third-order valence-corrected chi connectivity index (χ3v) is 2.59. The third-order valence-electron chi connectivity index (χ3n) is 2.59. The van der Waals surface area contributed by atoms with E-state index in [9.17, 15) is 9.59 Å². The normalized spacial score (nSPS) is 21.9. The minimum absolute atomic E-state index is 0.0164. The van der Waals surface area contributed by atoms with Gasteiger partial charge in [-0.3, -0.25) is 9.59 Å². The number of nitrogens with one attached hydrogen (secondary N) is 2. The van der Waals surface area contributed by atoms with Crippen molar-refractivity contribution >= 4 is 11.8 Å². The highest BCUT2D eigenvalue weighted by molar-refractivity contribution is 5.89. The average molecular weight is 227 g/mol. The molecule has 0 saturated carbocycles. The molecule has 0 spiro atoms. The van der Waals surface area contributed by atoms with Crippen molar-refractivity contribution in [3.05, 3.63) is 0 Å². The van der Waals surface area contributed by atoms with Crippen LogP contribution >= 0.6 is 0 Å². The summed E-state index contributed by atoms with van der Waals surface area (Å²) >= 11 is 0. The topological polar surface area (TPSA) is 61.4 Å². The largest absolute Gasteiger partial charge is 0.353 e. The maximum atomic E-state index is 11.9. The van der Waals surface area contributed by atoms with Gasteiger partial charge in [-0.15, -0.1) is 0 Å². The van der Waals surface area contributed by atoms with Gasteiger partial charge in [0.2, 0.25) is 11.8 Å². The number of amides is 2. The first-order valence-corrected chi connectivity index (χ1v) is 5.63. The highest BCUT2D eigenvalue weighted by Crippen LogP contribution is 2.05. The van der Waals surface area contributed by atoms with Crippen molar-refractivity contribution in [3.63, 3.8) is 0 Å². The number of carbonyl (C=O) groups excluding carboxylic acids is 2. The Morgan fingerprint density at radius 2 is 2.19 bits per heavy atom. The summed E-state index contributed by atoms with van der Waals surface area (Å²) in [6, 6.07) is -0.358. The summed E-state index contributed by atoms with van der Waals surface area (Å²) in [7, 11) is 0. The van der Waals surface area contributed by atoms with Gasteiger partial charge in [-0.2, -0.15) is 0 Å². The number of rotatable bonds is 2. The van der Waals surface area contributed by atoms with Crippen molar-refractivity contribution < 1.29 is 9.59 Å². The minimum atomic E-state index is -0.358. The third kappa shape index (κ3) is 3.48. The lowest BCUT2D eigenvalue weighted by Gasteiger charge is -2.33. The van der Waals surface area contributed by atoms with E-state index in [4.69, 9.17) is 0 Å². The van der Waals surface area contributed by atoms with Crippen LogP contribution < -0.4 is 10.6 Å². The van der Waals surface area contributed by atoms with E-state index in [1.54, 1.807) is 11.8 Å². The van der Waals surface area contributed by atoms with Crippen molar-refractivity contribution in [2.75, 3.05) is 19.6 Å². The highest BCUT2D eigenvalue weighted by Gasteiger charge is 2.29. The Morgan fingerprint density at radius 1 is 1.56 bits per heavy atom. The molecule has 92 valence electrons. The number of hydrogen-bond donors (Lipinski definition) is 2. The summed E-state index contributed by atoms with van der Waals surface area (Å²) in [6.07, 6.45) is 0. The molecular formula is C11H21N3O2. The van der Waals surface area contributed by atoms with Crippen LogP contribution in [-0.4, -0.2) is 47.9 Å². The van der Waals surface area contributed by atoms with Gasteiger partial charge in [-0.05, 0) is 27.7 Å². The second-order valence-electron chi connectivity index (χ2n) is 5.16. The molecule has 0 bridgehead atoms. The Kier molecular flexibility index (Phi) is 3.91. The van der Waals surface area contributed by atoms with Gasteiger partial charge in [0.15, 0.2) is 0 Å².